The maximum absolute atomic E-state index is 5.91. The number of benzene rings is 1. The molecule has 0 aromatic heterocycles. The van der Waals surface area contributed by atoms with Gasteiger partial charge in [-0.05, 0) is 67.5 Å². The summed E-state index contributed by atoms with van der Waals surface area (Å²) in [6.07, 6.45) is 8.08. The molecule has 2 aliphatic carbocycles. The summed E-state index contributed by atoms with van der Waals surface area (Å²) in [6.45, 7) is 0.895. The zero-order valence-electron chi connectivity index (χ0n) is 9.91. The van der Waals surface area contributed by atoms with Crippen LogP contribution in [0.2, 0.25) is 0 Å². The van der Waals surface area contributed by atoms with E-state index in [1.807, 2.05) is 0 Å². The maximum atomic E-state index is 5.91. The van der Waals surface area contributed by atoms with Gasteiger partial charge in [0.2, 0.25) is 0 Å². The standard InChI is InChI=1S/C15H21N/c16-11-15(8-9-15)10-13-6-3-5-12-4-1-2-7-14(12)13/h1-2,4,7,13H,3,5-6,8-11,16H2. The van der Waals surface area contributed by atoms with E-state index >= 15 is 0 Å². The second-order valence-corrected chi connectivity index (χ2v) is 5.70. The Balaban J connectivity index is 1.82. The zero-order chi connectivity index (χ0) is 11.0. The number of hydrogen-bond donors (Lipinski definition) is 1. The summed E-state index contributed by atoms with van der Waals surface area (Å²) in [4.78, 5) is 0. The molecule has 0 amide bonds. The van der Waals surface area contributed by atoms with Gasteiger partial charge in [0.05, 0.1) is 0 Å². The quantitative estimate of drug-likeness (QED) is 0.823. The van der Waals surface area contributed by atoms with Crippen LogP contribution in [0.3, 0.4) is 0 Å². The Kier molecular flexibility index (Phi) is 2.51. The molecule has 0 radical (unpaired) electrons. The van der Waals surface area contributed by atoms with Crippen molar-refractivity contribution < 1.29 is 0 Å². The Morgan fingerprint density at radius 2 is 2.06 bits per heavy atom. The fraction of sp³-hybridized carbons (Fsp3) is 0.600. The van der Waals surface area contributed by atoms with Gasteiger partial charge in [-0.3, -0.25) is 0 Å². The van der Waals surface area contributed by atoms with Gasteiger partial charge in [0.25, 0.3) is 0 Å². The van der Waals surface area contributed by atoms with E-state index in [-0.39, 0.29) is 0 Å². The first kappa shape index (κ1) is 10.3. The van der Waals surface area contributed by atoms with Crippen LogP contribution in [-0.2, 0) is 6.42 Å². The third-order valence-corrected chi connectivity index (χ3v) is 4.56. The Morgan fingerprint density at radius 3 is 2.81 bits per heavy atom. The smallest absolute Gasteiger partial charge is 0.00203 e. The van der Waals surface area contributed by atoms with Gasteiger partial charge in [-0.15, -0.1) is 0 Å². The van der Waals surface area contributed by atoms with Crippen molar-refractivity contribution in [2.24, 2.45) is 11.1 Å². The molecule has 1 nitrogen and oxygen atoms in total. The summed E-state index contributed by atoms with van der Waals surface area (Å²) >= 11 is 0. The van der Waals surface area contributed by atoms with E-state index in [1.165, 1.54) is 38.5 Å². The number of hydrogen-bond acceptors (Lipinski definition) is 1. The second kappa shape index (κ2) is 3.89. The first-order valence-electron chi connectivity index (χ1n) is 6.61. The summed E-state index contributed by atoms with van der Waals surface area (Å²) in [5.74, 6) is 0.788. The summed E-state index contributed by atoms with van der Waals surface area (Å²) < 4.78 is 0. The van der Waals surface area contributed by atoms with Crippen molar-refractivity contribution in [3.63, 3.8) is 0 Å². The fourth-order valence-corrected chi connectivity index (χ4v) is 3.26. The van der Waals surface area contributed by atoms with Crippen LogP contribution in [0.1, 0.15) is 49.1 Å². The molecule has 0 aliphatic heterocycles. The van der Waals surface area contributed by atoms with Crippen LogP contribution in [0, 0.1) is 5.41 Å². The molecule has 3 rings (SSSR count). The SMILES string of the molecule is NCC1(CC2CCCc3ccccc32)CC1. The molecule has 0 bridgehead atoms. The lowest BCUT2D eigenvalue weighted by Crippen LogP contribution is -2.20. The van der Waals surface area contributed by atoms with Crippen molar-refractivity contribution in [2.45, 2.75) is 44.4 Å². The van der Waals surface area contributed by atoms with Crippen LogP contribution in [-0.4, -0.2) is 6.54 Å². The van der Waals surface area contributed by atoms with Crippen molar-refractivity contribution in [3.05, 3.63) is 35.4 Å². The average molecular weight is 215 g/mol. The largest absolute Gasteiger partial charge is 0.330 e. The van der Waals surface area contributed by atoms with Gasteiger partial charge in [0.15, 0.2) is 0 Å². The molecule has 1 heteroatoms. The molecule has 2 N–H and O–H groups in total. The third-order valence-electron chi connectivity index (χ3n) is 4.56. The van der Waals surface area contributed by atoms with E-state index in [0.29, 0.717) is 5.41 Å². The Labute approximate surface area is 98.0 Å². The molecule has 1 atom stereocenters. The van der Waals surface area contributed by atoms with Gasteiger partial charge in [0.1, 0.15) is 0 Å². The minimum atomic E-state index is 0.523. The van der Waals surface area contributed by atoms with Gasteiger partial charge >= 0.3 is 0 Å². The Morgan fingerprint density at radius 1 is 1.25 bits per heavy atom. The lowest BCUT2D eigenvalue weighted by Gasteiger charge is -2.28. The van der Waals surface area contributed by atoms with E-state index < -0.39 is 0 Å². The fourth-order valence-electron chi connectivity index (χ4n) is 3.26. The molecule has 0 saturated heterocycles. The second-order valence-electron chi connectivity index (χ2n) is 5.70. The summed E-state index contributed by atoms with van der Waals surface area (Å²) in [6, 6.07) is 9.02. The molecule has 1 aromatic carbocycles. The highest BCUT2D eigenvalue weighted by molar-refractivity contribution is 5.33. The number of nitrogens with two attached hydrogens (primary N) is 1. The minimum absolute atomic E-state index is 0.523. The highest BCUT2D eigenvalue weighted by atomic mass is 14.7. The number of aryl methyl sites for hydroxylation is 1. The predicted octanol–water partition coefficient (Wildman–Crippen LogP) is 3.24. The normalized spacial score (nSPS) is 26.2. The molecule has 0 heterocycles. The third kappa shape index (κ3) is 1.78. The highest BCUT2D eigenvalue weighted by Gasteiger charge is 2.43. The number of rotatable bonds is 3. The highest BCUT2D eigenvalue weighted by Crippen LogP contribution is 2.53. The molecule has 2 aliphatic rings. The topological polar surface area (TPSA) is 26.0 Å². The van der Waals surface area contributed by atoms with Crippen molar-refractivity contribution >= 4 is 0 Å². The van der Waals surface area contributed by atoms with Crippen molar-refractivity contribution in [3.8, 4) is 0 Å². The summed E-state index contributed by atoms with van der Waals surface area (Å²) in [7, 11) is 0. The van der Waals surface area contributed by atoms with Crippen LogP contribution in [0.25, 0.3) is 0 Å². The van der Waals surface area contributed by atoms with Crippen LogP contribution < -0.4 is 5.73 Å². The molecular formula is C15H21N. The van der Waals surface area contributed by atoms with Crippen LogP contribution in [0.5, 0.6) is 0 Å². The summed E-state index contributed by atoms with van der Waals surface area (Å²) in [5.41, 5.74) is 9.64. The molecule has 1 fully saturated rings. The Bertz CT molecular complexity index is 379. The lowest BCUT2D eigenvalue weighted by molar-refractivity contribution is 0.391. The van der Waals surface area contributed by atoms with E-state index in [9.17, 15) is 0 Å². The molecule has 1 aromatic rings. The predicted molar refractivity (Wildman–Crippen MR) is 67.5 cm³/mol. The first-order chi connectivity index (χ1) is 7.83. The van der Waals surface area contributed by atoms with Gasteiger partial charge in [-0.2, -0.15) is 0 Å². The Hall–Kier alpha value is -0.820. The molecule has 0 spiro atoms. The molecule has 16 heavy (non-hydrogen) atoms. The van der Waals surface area contributed by atoms with Gasteiger partial charge in [0, 0.05) is 0 Å². The van der Waals surface area contributed by atoms with Gasteiger partial charge in [-0.1, -0.05) is 24.3 Å². The van der Waals surface area contributed by atoms with Gasteiger partial charge in [-0.25, -0.2) is 0 Å². The van der Waals surface area contributed by atoms with E-state index in [0.717, 1.165) is 12.5 Å². The van der Waals surface area contributed by atoms with E-state index in [4.69, 9.17) is 5.73 Å². The molecule has 1 saturated carbocycles. The number of fused-ring (bicyclic) bond motifs is 1. The average Bonchev–Trinajstić information content (AvgIpc) is 3.10. The lowest BCUT2D eigenvalue weighted by atomic mass is 9.77. The molecule has 86 valence electrons. The zero-order valence-corrected chi connectivity index (χ0v) is 9.91. The van der Waals surface area contributed by atoms with Crippen molar-refractivity contribution in [2.75, 3.05) is 6.54 Å². The van der Waals surface area contributed by atoms with Crippen LogP contribution in [0.15, 0.2) is 24.3 Å². The van der Waals surface area contributed by atoms with Crippen molar-refractivity contribution in [1.29, 1.82) is 0 Å². The molecule has 1 unspecified atom stereocenters. The first-order valence-corrected chi connectivity index (χ1v) is 6.61. The van der Waals surface area contributed by atoms with Crippen molar-refractivity contribution in [1.82, 2.24) is 0 Å². The molecular weight excluding hydrogens is 194 g/mol. The van der Waals surface area contributed by atoms with E-state index in [1.54, 1.807) is 11.1 Å². The minimum Gasteiger partial charge on any atom is -0.330 e. The van der Waals surface area contributed by atoms with Gasteiger partial charge < -0.3 is 5.73 Å². The monoisotopic (exact) mass is 215 g/mol. The summed E-state index contributed by atoms with van der Waals surface area (Å²) in [5, 5.41) is 0. The van der Waals surface area contributed by atoms with Crippen LogP contribution >= 0.6 is 0 Å². The van der Waals surface area contributed by atoms with E-state index in [2.05, 4.69) is 24.3 Å². The van der Waals surface area contributed by atoms with Crippen LogP contribution in [0.4, 0.5) is 0 Å². The maximum Gasteiger partial charge on any atom is -0.00203 e.